The van der Waals surface area contributed by atoms with E-state index in [1.54, 1.807) is 6.21 Å². The Morgan fingerprint density at radius 3 is 3.27 bits per heavy atom. The van der Waals surface area contributed by atoms with Gasteiger partial charge in [0.25, 0.3) is 5.56 Å². The quantitative estimate of drug-likeness (QED) is 0.512. The van der Waals surface area contributed by atoms with E-state index in [-0.39, 0.29) is 11.5 Å². The highest BCUT2D eigenvalue weighted by Gasteiger charge is 2.11. The molecule has 0 saturated carbocycles. The molecule has 0 fully saturated rings. The number of aromatic nitrogens is 2. The molecule has 3 N–H and O–H groups in total. The number of nitrogens with one attached hydrogen (secondary N) is 1. The third-order valence-electron chi connectivity index (χ3n) is 1.53. The summed E-state index contributed by atoms with van der Waals surface area (Å²) >= 11 is 0. The van der Waals surface area contributed by atoms with Crippen molar-refractivity contribution < 1.29 is 0 Å². The Morgan fingerprint density at radius 2 is 2.45 bits per heavy atom. The van der Waals surface area contributed by atoms with Crippen molar-refractivity contribution in [1.29, 1.82) is 0 Å². The molecule has 0 saturated heterocycles. The zero-order chi connectivity index (χ0) is 7.84. The number of hydrogen-bond donors (Lipinski definition) is 2. The molecule has 0 spiro atoms. The molecule has 5 nitrogen and oxygen atoms in total. The van der Waals surface area contributed by atoms with Crippen LogP contribution in [0.25, 0.3) is 0 Å². The van der Waals surface area contributed by atoms with Crippen LogP contribution in [0.4, 0.5) is 5.95 Å². The minimum absolute atomic E-state index is 0.141. The Morgan fingerprint density at radius 1 is 1.64 bits per heavy atom. The Hall–Kier alpha value is -1.65. The van der Waals surface area contributed by atoms with Gasteiger partial charge in [0.2, 0.25) is 5.95 Å². The van der Waals surface area contributed by atoms with Crippen LogP contribution in [0.5, 0.6) is 0 Å². The van der Waals surface area contributed by atoms with Gasteiger partial charge in [-0.3, -0.25) is 14.8 Å². The summed E-state index contributed by atoms with van der Waals surface area (Å²) in [6.45, 7) is 0.415. The third-order valence-corrected chi connectivity index (χ3v) is 1.53. The zero-order valence-electron chi connectivity index (χ0n) is 5.66. The lowest BCUT2D eigenvalue weighted by Gasteiger charge is -1.95. The van der Waals surface area contributed by atoms with Gasteiger partial charge in [-0.05, 0) is 0 Å². The maximum absolute atomic E-state index is 11.1. The van der Waals surface area contributed by atoms with Gasteiger partial charge < -0.3 is 5.73 Å². The Bertz CT molecular complexity index is 379. The van der Waals surface area contributed by atoms with Crippen LogP contribution < -0.4 is 11.3 Å². The predicted molar refractivity (Wildman–Crippen MR) is 40.6 cm³/mol. The monoisotopic (exact) mass is 150 g/mol. The first-order valence-corrected chi connectivity index (χ1v) is 3.16. The summed E-state index contributed by atoms with van der Waals surface area (Å²) in [6.07, 6.45) is 1.56. The molecule has 0 aliphatic carbocycles. The van der Waals surface area contributed by atoms with Crippen LogP contribution in [-0.4, -0.2) is 16.2 Å². The van der Waals surface area contributed by atoms with Crippen LogP contribution in [0.2, 0.25) is 0 Å². The number of aliphatic imine (C=N–C) groups is 1. The number of H-pyrrole nitrogens is 1. The standard InChI is InChI=1S/C6H6N4O/c7-6-9-4-2-8-1-3(4)5(11)10-6/h2H,1H2,(H3,7,9,10,11). The Balaban J connectivity index is 2.76. The molecule has 2 heterocycles. The summed E-state index contributed by atoms with van der Waals surface area (Å²) in [4.78, 5) is 21.3. The van der Waals surface area contributed by atoms with E-state index in [0.29, 0.717) is 17.8 Å². The summed E-state index contributed by atoms with van der Waals surface area (Å²) in [5.74, 6) is 0.141. The summed E-state index contributed by atoms with van der Waals surface area (Å²) in [7, 11) is 0. The minimum Gasteiger partial charge on any atom is -0.369 e. The van der Waals surface area contributed by atoms with Crippen molar-refractivity contribution in [2.45, 2.75) is 6.54 Å². The van der Waals surface area contributed by atoms with Crippen LogP contribution in [0, 0.1) is 0 Å². The number of fused-ring (bicyclic) bond motifs is 1. The van der Waals surface area contributed by atoms with Crippen LogP contribution >= 0.6 is 0 Å². The average Bonchev–Trinajstić information content (AvgIpc) is 2.34. The fourth-order valence-electron chi connectivity index (χ4n) is 1.02. The van der Waals surface area contributed by atoms with E-state index in [2.05, 4.69) is 15.0 Å². The van der Waals surface area contributed by atoms with Gasteiger partial charge in [-0.2, -0.15) is 0 Å². The van der Waals surface area contributed by atoms with Gasteiger partial charge in [0.05, 0.1) is 17.8 Å². The van der Waals surface area contributed by atoms with E-state index in [9.17, 15) is 4.79 Å². The fourth-order valence-corrected chi connectivity index (χ4v) is 1.02. The highest BCUT2D eigenvalue weighted by Crippen LogP contribution is 2.06. The Labute approximate surface area is 62.0 Å². The molecular weight excluding hydrogens is 144 g/mol. The van der Waals surface area contributed by atoms with Gasteiger partial charge >= 0.3 is 0 Å². The molecular formula is C6H6N4O. The van der Waals surface area contributed by atoms with Crippen LogP contribution in [0.1, 0.15) is 11.3 Å². The van der Waals surface area contributed by atoms with Crippen molar-refractivity contribution >= 4 is 12.2 Å². The van der Waals surface area contributed by atoms with Crippen molar-refractivity contribution in [1.82, 2.24) is 9.97 Å². The SMILES string of the molecule is Nc1nc2c(c(=O)[nH]1)CN=C2. The van der Waals surface area contributed by atoms with Gasteiger partial charge in [0, 0.05) is 6.21 Å². The van der Waals surface area contributed by atoms with Gasteiger partial charge in [-0.1, -0.05) is 0 Å². The second-order valence-electron chi connectivity index (χ2n) is 2.28. The number of aromatic amines is 1. The molecule has 0 aromatic carbocycles. The number of rotatable bonds is 0. The lowest BCUT2D eigenvalue weighted by Crippen LogP contribution is -2.16. The van der Waals surface area contributed by atoms with Gasteiger partial charge in [-0.25, -0.2) is 4.98 Å². The molecule has 5 heteroatoms. The number of hydrogen-bond acceptors (Lipinski definition) is 4. The van der Waals surface area contributed by atoms with Crippen molar-refractivity contribution in [2.24, 2.45) is 4.99 Å². The van der Waals surface area contributed by atoms with Crippen molar-refractivity contribution in [3.05, 3.63) is 21.6 Å². The zero-order valence-corrected chi connectivity index (χ0v) is 5.66. The van der Waals surface area contributed by atoms with Crippen molar-refractivity contribution in [3.8, 4) is 0 Å². The predicted octanol–water partition coefficient (Wildman–Crippen LogP) is -0.715. The first-order valence-electron chi connectivity index (χ1n) is 3.16. The summed E-state index contributed by atoms with van der Waals surface area (Å²) < 4.78 is 0. The van der Waals surface area contributed by atoms with Crippen LogP contribution in [0.15, 0.2) is 9.79 Å². The van der Waals surface area contributed by atoms with E-state index in [4.69, 9.17) is 5.73 Å². The second kappa shape index (κ2) is 1.91. The molecule has 0 atom stereocenters. The maximum Gasteiger partial charge on any atom is 0.258 e. The molecule has 0 radical (unpaired) electrons. The van der Waals surface area contributed by atoms with Crippen molar-refractivity contribution in [2.75, 3.05) is 5.73 Å². The molecule has 1 aliphatic rings. The fraction of sp³-hybridized carbons (Fsp3) is 0.167. The molecule has 1 aromatic heterocycles. The molecule has 1 aromatic rings. The summed E-state index contributed by atoms with van der Waals surface area (Å²) in [5, 5.41) is 0. The highest BCUT2D eigenvalue weighted by atomic mass is 16.1. The summed E-state index contributed by atoms with van der Waals surface area (Å²) in [6, 6.07) is 0. The van der Waals surface area contributed by atoms with Gasteiger partial charge in [0.1, 0.15) is 0 Å². The molecule has 11 heavy (non-hydrogen) atoms. The normalized spacial score (nSPS) is 13.5. The van der Waals surface area contributed by atoms with Crippen LogP contribution in [-0.2, 0) is 6.54 Å². The highest BCUT2D eigenvalue weighted by molar-refractivity contribution is 5.81. The average molecular weight is 150 g/mol. The number of nitrogens with zero attached hydrogens (tertiary/aromatic N) is 2. The molecule has 0 bridgehead atoms. The molecule has 2 rings (SSSR count). The lowest BCUT2D eigenvalue weighted by atomic mass is 10.3. The van der Waals surface area contributed by atoms with E-state index >= 15 is 0 Å². The first kappa shape index (κ1) is 6.09. The van der Waals surface area contributed by atoms with Gasteiger partial charge in [-0.15, -0.1) is 0 Å². The van der Waals surface area contributed by atoms with E-state index in [1.807, 2.05) is 0 Å². The maximum atomic E-state index is 11.1. The number of nitrogen functional groups attached to an aromatic ring is 1. The smallest absolute Gasteiger partial charge is 0.258 e. The van der Waals surface area contributed by atoms with E-state index in [1.165, 1.54) is 0 Å². The van der Waals surface area contributed by atoms with E-state index in [0.717, 1.165) is 0 Å². The first-order chi connectivity index (χ1) is 5.27. The third kappa shape index (κ3) is 0.813. The minimum atomic E-state index is -0.190. The molecule has 56 valence electrons. The topological polar surface area (TPSA) is 84.1 Å². The van der Waals surface area contributed by atoms with Crippen LogP contribution in [0.3, 0.4) is 0 Å². The lowest BCUT2D eigenvalue weighted by molar-refractivity contribution is 1.01. The second-order valence-corrected chi connectivity index (χ2v) is 2.28. The largest absolute Gasteiger partial charge is 0.369 e. The molecule has 1 aliphatic heterocycles. The Kier molecular flexibility index (Phi) is 1.06. The number of anilines is 1. The van der Waals surface area contributed by atoms with Gasteiger partial charge in [0.15, 0.2) is 0 Å². The molecule has 0 amide bonds. The number of nitrogens with two attached hydrogens (primary N) is 1. The van der Waals surface area contributed by atoms with Crippen molar-refractivity contribution in [3.63, 3.8) is 0 Å². The molecule has 0 unspecified atom stereocenters. The van der Waals surface area contributed by atoms with E-state index < -0.39 is 0 Å². The summed E-state index contributed by atoms with van der Waals surface area (Å²) in [5.41, 5.74) is 6.30.